The minimum atomic E-state index is -0.316. The zero-order valence-electron chi connectivity index (χ0n) is 14.8. The Bertz CT molecular complexity index is 767. The van der Waals surface area contributed by atoms with Crippen molar-refractivity contribution >= 4 is 23.1 Å². The number of carbonyl (C=O) groups is 2. The number of nitrogens with zero attached hydrogens (tertiary/aromatic N) is 3. The average Bonchev–Trinajstić information content (AvgIpc) is 3.21. The number of hydrogen-bond acceptors (Lipinski definition) is 3. The van der Waals surface area contributed by atoms with E-state index in [2.05, 4.69) is 13.8 Å². The van der Waals surface area contributed by atoms with Crippen LogP contribution in [0.5, 0.6) is 0 Å². The molecular weight excluding hydrogens is 314 g/mol. The fraction of sp³-hybridized carbons (Fsp3) is 0.450. The molecule has 0 saturated carbocycles. The molecule has 0 aliphatic carbocycles. The molecule has 1 aromatic rings. The van der Waals surface area contributed by atoms with Crippen molar-refractivity contribution in [2.75, 3.05) is 24.5 Å². The van der Waals surface area contributed by atoms with Gasteiger partial charge in [-0.25, -0.2) is 0 Å². The quantitative estimate of drug-likeness (QED) is 0.627. The van der Waals surface area contributed by atoms with Crippen molar-refractivity contribution in [2.24, 2.45) is 5.92 Å². The molecule has 5 nitrogen and oxygen atoms in total. The van der Waals surface area contributed by atoms with Crippen molar-refractivity contribution in [1.82, 2.24) is 4.90 Å². The predicted octanol–water partition coefficient (Wildman–Crippen LogP) is 2.98. The van der Waals surface area contributed by atoms with E-state index in [1.807, 2.05) is 30.3 Å². The molecule has 130 valence electrons. The molecule has 0 unspecified atom stereocenters. The summed E-state index contributed by atoms with van der Waals surface area (Å²) in [7, 11) is 0. The Morgan fingerprint density at radius 3 is 2.56 bits per heavy atom. The van der Waals surface area contributed by atoms with Gasteiger partial charge in [0.05, 0.1) is 11.3 Å². The zero-order chi connectivity index (χ0) is 18.0. The molecular formula is C20H23N3O2. The third kappa shape index (κ3) is 3.17. The van der Waals surface area contributed by atoms with Crippen LogP contribution in [0.4, 0.5) is 5.69 Å². The van der Waals surface area contributed by atoms with Crippen LogP contribution in [0.15, 0.2) is 29.8 Å². The number of fused-ring (bicyclic) bond motifs is 1. The predicted molar refractivity (Wildman–Crippen MR) is 96.6 cm³/mol. The Labute approximate surface area is 148 Å². The van der Waals surface area contributed by atoms with Crippen LogP contribution in [0.25, 0.3) is 5.57 Å². The minimum absolute atomic E-state index is 0.0219. The number of para-hydroxylation sites is 1. The van der Waals surface area contributed by atoms with E-state index in [9.17, 15) is 14.9 Å². The number of nitriles is 1. The van der Waals surface area contributed by atoms with Crippen molar-refractivity contribution in [3.63, 3.8) is 0 Å². The van der Waals surface area contributed by atoms with Gasteiger partial charge < -0.3 is 9.80 Å². The molecule has 1 fully saturated rings. The standard InChI is InChI=1S/C20H23N3O2/c1-14(2)9-12-23-17-8-4-3-7-15(17)18(20(23)25)16(13-21)19(24)22-10-5-6-11-22/h3-4,7-8,14H,5-6,9-12H2,1-2H3. The lowest BCUT2D eigenvalue weighted by molar-refractivity contribution is -0.125. The molecule has 5 heteroatoms. The lowest BCUT2D eigenvalue weighted by Gasteiger charge is -2.18. The van der Waals surface area contributed by atoms with Crippen molar-refractivity contribution in [2.45, 2.75) is 33.1 Å². The van der Waals surface area contributed by atoms with E-state index in [0.29, 0.717) is 31.1 Å². The van der Waals surface area contributed by atoms with Crippen LogP contribution < -0.4 is 4.90 Å². The Balaban J connectivity index is 2.04. The topological polar surface area (TPSA) is 64.4 Å². The summed E-state index contributed by atoms with van der Waals surface area (Å²) >= 11 is 0. The fourth-order valence-corrected chi connectivity index (χ4v) is 3.42. The molecule has 0 bridgehead atoms. The third-order valence-electron chi connectivity index (χ3n) is 4.82. The Hall–Kier alpha value is -2.61. The van der Waals surface area contributed by atoms with Gasteiger partial charge in [-0.3, -0.25) is 9.59 Å². The smallest absolute Gasteiger partial charge is 0.265 e. The number of amides is 2. The third-order valence-corrected chi connectivity index (χ3v) is 4.82. The largest absolute Gasteiger partial charge is 0.338 e. The number of benzene rings is 1. The van der Waals surface area contributed by atoms with Gasteiger partial charge in [-0.1, -0.05) is 32.0 Å². The number of rotatable bonds is 4. The van der Waals surface area contributed by atoms with Gasteiger partial charge >= 0.3 is 0 Å². The van der Waals surface area contributed by atoms with E-state index in [0.717, 1.165) is 24.9 Å². The second kappa shape index (κ2) is 7.10. The van der Waals surface area contributed by atoms with Crippen LogP contribution in [0, 0.1) is 17.2 Å². The summed E-state index contributed by atoms with van der Waals surface area (Å²) in [5, 5.41) is 9.64. The second-order valence-corrected chi connectivity index (χ2v) is 7.02. The van der Waals surface area contributed by atoms with Crippen LogP contribution in [0.1, 0.15) is 38.7 Å². The van der Waals surface area contributed by atoms with Gasteiger partial charge in [0.1, 0.15) is 11.6 Å². The Kier molecular flexibility index (Phi) is 4.89. The first-order valence-electron chi connectivity index (χ1n) is 8.89. The molecule has 0 N–H and O–H groups in total. The summed E-state index contributed by atoms with van der Waals surface area (Å²) in [6.45, 7) is 6.13. The van der Waals surface area contributed by atoms with Crippen LogP contribution in [-0.4, -0.2) is 36.3 Å². The molecule has 2 heterocycles. The maximum atomic E-state index is 13.0. The lowest BCUT2D eigenvalue weighted by atomic mass is 10.0. The Morgan fingerprint density at radius 1 is 1.24 bits per heavy atom. The second-order valence-electron chi connectivity index (χ2n) is 7.02. The lowest BCUT2D eigenvalue weighted by Crippen LogP contribution is -2.32. The molecule has 3 rings (SSSR count). The number of likely N-dealkylation sites (tertiary alicyclic amines) is 1. The maximum absolute atomic E-state index is 13.0. The first-order chi connectivity index (χ1) is 12.0. The van der Waals surface area contributed by atoms with Gasteiger partial charge in [0, 0.05) is 25.2 Å². The van der Waals surface area contributed by atoms with E-state index in [4.69, 9.17) is 0 Å². The van der Waals surface area contributed by atoms with Crippen molar-refractivity contribution in [3.05, 3.63) is 35.4 Å². The van der Waals surface area contributed by atoms with Gasteiger partial charge in [0.2, 0.25) is 0 Å². The molecule has 1 aromatic carbocycles. The van der Waals surface area contributed by atoms with Crippen molar-refractivity contribution in [1.29, 1.82) is 5.26 Å². The van der Waals surface area contributed by atoms with Crippen LogP contribution in [0.2, 0.25) is 0 Å². The monoisotopic (exact) mass is 337 g/mol. The van der Waals surface area contributed by atoms with Crippen LogP contribution in [-0.2, 0) is 9.59 Å². The van der Waals surface area contributed by atoms with Crippen LogP contribution in [0.3, 0.4) is 0 Å². The summed E-state index contributed by atoms with van der Waals surface area (Å²) in [4.78, 5) is 29.2. The molecule has 0 radical (unpaired) electrons. The minimum Gasteiger partial charge on any atom is -0.338 e. The highest BCUT2D eigenvalue weighted by Crippen LogP contribution is 2.39. The molecule has 0 atom stereocenters. The van der Waals surface area contributed by atoms with Crippen molar-refractivity contribution in [3.8, 4) is 6.07 Å². The summed E-state index contributed by atoms with van der Waals surface area (Å²) in [6.07, 6.45) is 2.77. The number of hydrogen-bond donors (Lipinski definition) is 0. The highest BCUT2D eigenvalue weighted by atomic mass is 16.2. The van der Waals surface area contributed by atoms with Gasteiger partial charge in [-0.2, -0.15) is 5.26 Å². The summed E-state index contributed by atoms with van der Waals surface area (Å²) in [6, 6.07) is 9.45. The van der Waals surface area contributed by atoms with Gasteiger partial charge in [0.25, 0.3) is 11.8 Å². The van der Waals surface area contributed by atoms with Crippen molar-refractivity contribution < 1.29 is 9.59 Å². The maximum Gasteiger partial charge on any atom is 0.265 e. The highest BCUT2D eigenvalue weighted by molar-refractivity contribution is 6.37. The molecule has 0 spiro atoms. The molecule has 0 aromatic heterocycles. The van der Waals surface area contributed by atoms with E-state index in [1.165, 1.54) is 0 Å². The first-order valence-corrected chi connectivity index (χ1v) is 8.89. The van der Waals surface area contributed by atoms with Gasteiger partial charge in [0.15, 0.2) is 0 Å². The van der Waals surface area contributed by atoms with E-state index >= 15 is 0 Å². The van der Waals surface area contributed by atoms with E-state index in [-0.39, 0.29) is 23.0 Å². The molecule has 2 amide bonds. The average molecular weight is 337 g/mol. The van der Waals surface area contributed by atoms with E-state index in [1.54, 1.807) is 9.80 Å². The number of carbonyl (C=O) groups excluding carboxylic acids is 2. The molecule has 25 heavy (non-hydrogen) atoms. The van der Waals surface area contributed by atoms with Gasteiger partial charge in [-0.15, -0.1) is 0 Å². The summed E-state index contributed by atoms with van der Waals surface area (Å²) in [5.41, 5.74) is 1.73. The Morgan fingerprint density at radius 2 is 1.92 bits per heavy atom. The SMILES string of the molecule is CC(C)CCN1C(=O)C(=C(C#N)C(=O)N2CCCC2)c2ccccc21. The summed E-state index contributed by atoms with van der Waals surface area (Å²) in [5.74, 6) is -0.0792. The fourth-order valence-electron chi connectivity index (χ4n) is 3.42. The molecule has 2 aliphatic rings. The van der Waals surface area contributed by atoms with Gasteiger partial charge in [-0.05, 0) is 31.2 Å². The first kappa shape index (κ1) is 17.2. The highest BCUT2D eigenvalue weighted by Gasteiger charge is 2.37. The van der Waals surface area contributed by atoms with E-state index < -0.39 is 0 Å². The number of anilines is 1. The van der Waals surface area contributed by atoms with Crippen LogP contribution >= 0.6 is 0 Å². The molecule has 2 aliphatic heterocycles. The summed E-state index contributed by atoms with van der Waals surface area (Å²) < 4.78 is 0. The molecule has 1 saturated heterocycles. The normalized spacial score (nSPS) is 18.6. The zero-order valence-corrected chi connectivity index (χ0v) is 14.8.